The maximum atomic E-state index is 11.8. The van der Waals surface area contributed by atoms with E-state index in [-0.39, 0.29) is 44.3 Å². The van der Waals surface area contributed by atoms with Crippen LogP contribution < -0.4 is 0 Å². The highest BCUT2D eigenvalue weighted by atomic mass is 16.6. The van der Waals surface area contributed by atoms with Crippen LogP contribution in [0.5, 0.6) is 11.5 Å². The van der Waals surface area contributed by atoms with E-state index in [2.05, 4.69) is 0 Å². The molecule has 27 heavy (non-hydrogen) atoms. The topological polar surface area (TPSA) is 126 Å². The number of aliphatic hydroxyl groups excluding tert-OH is 1. The van der Waals surface area contributed by atoms with Gasteiger partial charge in [-0.2, -0.15) is 0 Å². The van der Waals surface area contributed by atoms with E-state index in [0.29, 0.717) is 12.8 Å². The van der Waals surface area contributed by atoms with Crippen LogP contribution in [0.15, 0.2) is 18.2 Å². The van der Waals surface area contributed by atoms with Crippen molar-refractivity contribution in [3.8, 4) is 11.5 Å². The molecule has 0 saturated heterocycles. The predicted molar refractivity (Wildman–Crippen MR) is 97.4 cm³/mol. The summed E-state index contributed by atoms with van der Waals surface area (Å²) >= 11 is 0. The van der Waals surface area contributed by atoms with Gasteiger partial charge in [-0.15, -0.1) is 0 Å². The molecular formula is C19H30O8. The molecule has 8 heteroatoms. The maximum Gasteiger partial charge on any atom is 0.332 e. The first kappa shape index (κ1) is 23.2. The maximum absolute atomic E-state index is 11.8. The molecule has 1 aromatic rings. The fourth-order valence-corrected chi connectivity index (χ4v) is 2.17. The molecule has 0 spiro atoms. The van der Waals surface area contributed by atoms with E-state index >= 15 is 0 Å². The van der Waals surface area contributed by atoms with Crippen molar-refractivity contribution in [1.29, 1.82) is 0 Å². The second-order valence-corrected chi connectivity index (χ2v) is 7.09. The summed E-state index contributed by atoms with van der Waals surface area (Å²) in [7, 11) is 0. The second-order valence-electron chi connectivity index (χ2n) is 7.09. The molecular weight excluding hydrogens is 356 g/mol. The number of rotatable bonds is 12. The SMILES string of the molecule is CC(C)(CCOC(C)(O)CCO)OCC(=O)OCCc1ccc(O)c(O)c1. The van der Waals surface area contributed by atoms with Crippen molar-refractivity contribution in [2.75, 3.05) is 26.4 Å². The summed E-state index contributed by atoms with van der Waals surface area (Å²) < 4.78 is 15.9. The Hall–Kier alpha value is -1.87. The minimum Gasteiger partial charge on any atom is -0.504 e. The summed E-state index contributed by atoms with van der Waals surface area (Å²) in [6.07, 6.45) is 0.949. The van der Waals surface area contributed by atoms with Crippen molar-refractivity contribution in [2.24, 2.45) is 0 Å². The number of carbonyl (C=O) groups excluding carboxylic acids is 1. The molecule has 0 aliphatic carbocycles. The molecule has 154 valence electrons. The molecule has 0 radical (unpaired) electrons. The van der Waals surface area contributed by atoms with E-state index < -0.39 is 17.4 Å². The van der Waals surface area contributed by atoms with Gasteiger partial charge in [-0.25, -0.2) is 4.79 Å². The summed E-state index contributed by atoms with van der Waals surface area (Å²) in [5.41, 5.74) is 0.0725. The number of ether oxygens (including phenoxy) is 3. The molecule has 1 aromatic carbocycles. The number of esters is 1. The molecule has 1 rings (SSSR count). The fraction of sp³-hybridized carbons (Fsp3) is 0.632. The van der Waals surface area contributed by atoms with Gasteiger partial charge in [0.1, 0.15) is 6.61 Å². The van der Waals surface area contributed by atoms with Gasteiger partial charge in [0.2, 0.25) is 0 Å². The minimum atomic E-state index is -1.40. The average molecular weight is 386 g/mol. The zero-order valence-electron chi connectivity index (χ0n) is 16.1. The molecule has 0 bridgehead atoms. The van der Waals surface area contributed by atoms with E-state index in [4.69, 9.17) is 19.3 Å². The lowest BCUT2D eigenvalue weighted by molar-refractivity contribution is -0.205. The quantitative estimate of drug-likeness (QED) is 0.242. The fourth-order valence-electron chi connectivity index (χ4n) is 2.17. The van der Waals surface area contributed by atoms with Crippen LogP contribution in [0.2, 0.25) is 0 Å². The van der Waals surface area contributed by atoms with Crippen molar-refractivity contribution < 1.29 is 39.4 Å². The van der Waals surface area contributed by atoms with E-state index in [0.717, 1.165) is 5.56 Å². The summed E-state index contributed by atoms with van der Waals surface area (Å²) in [6.45, 7) is 5.00. The number of phenolic OH excluding ortho intramolecular Hbond substituents is 2. The molecule has 1 unspecified atom stereocenters. The third kappa shape index (κ3) is 9.58. The van der Waals surface area contributed by atoms with Crippen molar-refractivity contribution >= 4 is 5.97 Å². The van der Waals surface area contributed by atoms with Gasteiger partial charge in [-0.05, 0) is 44.9 Å². The number of aliphatic hydroxyl groups is 2. The van der Waals surface area contributed by atoms with E-state index in [1.165, 1.54) is 19.1 Å². The first-order valence-electron chi connectivity index (χ1n) is 8.82. The van der Waals surface area contributed by atoms with E-state index in [9.17, 15) is 20.1 Å². The Kier molecular flexibility index (Phi) is 8.98. The van der Waals surface area contributed by atoms with Gasteiger partial charge in [0, 0.05) is 19.4 Å². The molecule has 0 amide bonds. The lowest BCUT2D eigenvalue weighted by atomic mass is 10.1. The van der Waals surface area contributed by atoms with Gasteiger partial charge < -0.3 is 34.6 Å². The van der Waals surface area contributed by atoms with Crippen LogP contribution in [-0.4, -0.2) is 64.2 Å². The van der Waals surface area contributed by atoms with Crippen LogP contribution in [0, 0.1) is 0 Å². The molecule has 0 fully saturated rings. The Balaban J connectivity index is 2.26. The standard InChI is InChI=1S/C19H30O8/c1-18(2,8-11-26-19(3,24)7-9-20)27-13-17(23)25-10-6-14-4-5-15(21)16(22)12-14/h4-5,12,20-22,24H,6-11,13H2,1-3H3. The third-order valence-corrected chi connectivity index (χ3v) is 3.97. The molecule has 1 atom stereocenters. The van der Waals surface area contributed by atoms with Crippen molar-refractivity contribution in [2.45, 2.75) is 51.4 Å². The predicted octanol–water partition coefficient (Wildman–Crippen LogP) is 1.48. The number of hydrogen-bond donors (Lipinski definition) is 4. The van der Waals surface area contributed by atoms with Crippen LogP contribution in [0.25, 0.3) is 0 Å². The largest absolute Gasteiger partial charge is 0.504 e. The van der Waals surface area contributed by atoms with Gasteiger partial charge >= 0.3 is 5.97 Å². The molecule has 0 heterocycles. The molecule has 0 aliphatic heterocycles. The monoisotopic (exact) mass is 386 g/mol. The van der Waals surface area contributed by atoms with Crippen LogP contribution in [0.4, 0.5) is 0 Å². The first-order chi connectivity index (χ1) is 12.5. The molecule has 4 N–H and O–H groups in total. The normalized spacial score (nSPS) is 14.0. The van der Waals surface area contributed by atoms with Crippen LogP contribution in [0.3, 0.4) is 0 Å². The van der Waals surface area contributed by atoms with Crippen molar-refractivity contribution in [3.63, 3.8) is 0 Å². The van der Waals surface area contributed by atoms with E-state index in [1.54, 1.807) is 19.9 Å². The lowest BCUT2D eigenvalue weighted by Gasteiger charge is -2.28. The Morgan fingerprint density at radius 1 is 1.04 bits per heavy atom. The molecule has 8 nitrogen and oxygen atoms in total. The van der Waals surface area contributed by atoms with Crippen LogP contribution in [-0.2, 0) is 25.4 Å². The van der Waals surface area contributed by atoms with Gasteiger partial charge in [0.25, 0.3) is 0 Å². The Morgan fingerprint density at radius 3 is 2.37 bits per heavy atom. The zero-order valence-corrected chi connectivity index (χ0v) is 16.1. The minimum absolute atomic E-state index is 0.111. The third-order valence-electron chi connectivity index (χ3n) is 3.97. The van der Waals surface area contributed by atoms with Crippen molar-refractivity contribution in [1.82, 2.24) is 0 Å². The highest BCUT2D eigenvalue weighted by Gasteiger charge is 2.24. The second kappa shape index (κ2) is 10.5. The summed E-state index contributed by atoms with van der Waals surface area (Å²) in [5, 5.41) is 37.3. The number of aromatic hydroxyl groups is 2. The highest BCUT2D eigenvalue weighted by molar-refractivity contribution is 5.70. The molecule has 0 aliphatic rings. The summed E-state index contributed by atoms with van der Waals surface area (Å²) in [4.78, 5) is 11.8. The van der Waals surface area contributed by atoms with Crippen LogP contribution in [0.1, 0.15) is 39.2 Å². The van der Waals surface area contributed by atoms with Crippen LogP contribution >= 0.6 is 0 Å². The number of carbonyl (C=O) groups is 1. The van der Waals surface area contributed by atoms with Gasteiger partial charge in [0.05, 0.1) is 18.8 Å². The van der Waals surface area contributed by atoms with Crippen molar-refractivity contribution in [3.05, 3.63) is 23.8 Å². The lowest BCUT2D eigenvalue weighted by Crippen LogP contribution is -2.34. The smallest absolute Gasteiger partial charge is 0.332 e. The Morgan fingerprint density at radius 2 is 1.74 bits per heavy atom. The Labute approximate surface area is 159 Å². The number of benzene rings is 1. The number of phenols is 2. The number of hydrogen-bond acceptors (Lipinski definition) is 8. The average Bonchev–Trinajstić information content (AvgIpc) is 2.56. The van der Waals surface area contributed by atoms with Gasteiger partial charge in [-0.1, -0.05) is 6.07 Å². The molecule has 0 aromatic heterocycles. The Bertz CT molecular complexity index is 597. The highest BCUT2D eigenvalue weighted by Crippen LogP contribution is 2.25. The molecule has 0 saturated carbocycles. The van der Waals surface area contributed by atoms with Gasteiger partial charge in [0.15, 0.2) is 17.3 Å². The summed E-state index contributed by atoms with van der Waals surface area (Å²) in [6, 6.07) is 4.42. The van der Waals surface area contributed by atoms with Gasteiger partial charge in [-0.3, -0.25) is 0 Å². The summed E-state index contributed by atoms with van der Waals surface area (Å²) in [5.74, 6) is -2.33. The van der Waals surface area contributed by atoms with E-state index in [1.807, 2.05) is 0 Å². The zero-order chi connectivity index (χ0) is 20.5. The first-order valence-corrected chi connectivity index (χ1v) is 8.82.